The Kier molecular flexibility index (Phi) is 42.8. The maximum absolute atomic E-state index is 11.7. The number of pyridine rings is 3. The Hall–Kier alpha value is -7.77. The minimum Gasteiger partial charge on any atom is -0.512 e. The number of hydrogen-bond donors (Lipinski definition) is 3. The first kappa shape index (κ1) is 94.4. The van der Waals surface area contributed by atoms with Gasteiger partial charge in [0.2, 0.25) is 0 Å². The number of carbonyl (C=O) groups is 3. The molecule has 12 aromatic rings. The van der Waals surface area contributed by atoms with Gasteiger partial charge in [0, 0.05) is 149 Å². The van der Waals surface area contributed by atoms with Crippen LogP contribution in [0.4, 0.5) is 0 Å². The maximum Gasteiger partial charge on any atom is 0.162 e. The molecule has 3 radical (unpaired) electrons. The molecule has 12 rings (SSSR count). The van der Waals surface area contributed by atoms with Crippen LogP contribution in [0.2, 0.25) is 0 Å². The Labute approximate surface area is 743 Å². The van der Waals surface area contributed by atoms with Gasteiger partial charge in [0.15, 0.2) is 17.3 Å². The second-order valence-electron chi connectivity index (χ2n) is 28.1. The van der Waals surface area contributed by atoms with Crippen LogP contribution in [0.5, 0.6) is 0 Å². The Balaban J connectivity index is 0.000000301. The second-order valence-corrected chi connectivity index (χ2v) is 31.2. The molecular formula is C100H116Ir3N3O6S3-3. The molecule has 615 valence electrons. The number of aromatic nitrogens is 3. The minimum absolute atomic E-state index is 0. The van der Waals surface area contributed by atoms with Gasteiger partial charge in [-0.3, -0.25) is 29.3 Å². The smallest absolute Gasteiger partial charge is 0.162 e. The number of hydrogen-bond acceptors (Lipinski definition) is 12. The number of carbonyl (C=O) groups excluding carboxylic acids is 3. The van der Waals surface area contributed by atoms with E-state index in [2.05, 4.69) is 129 Å². The van der Waals surface area contributed by atoms with Gasteiger partial charge in [-0.15, -0.1) is 141 Å². The molecule has 0 aliphatic heterocycles. The van der Waals surface area contributed by atoms with Gasteiger partial charge in [-0.25, -0.2) is 0 Å². The van der Waals surface area contributed by atoms with Gasteiger partial charge in [-0.2, -0.15) is 0 Å². The summed E-state index contributed by atoms with van der Waals surface area (Å²) in [7, 11) is 0. The molecule has 0 bridgehead atoms. The molecule has 6 aromatic heterocycles. The summed E-state index contributed by atoms with van der Waals surface area (Å²) in [6, 6.07) is 75.1. The summed E-state index contributed by atoms with van der Waals surface area (Å²) in [5.41, 5.74) is 12.9. The predicted molar refractivity (Wildman–Crippen MR) is 479 cm³/mol. The number of aliphatic hydroxyl groups is 3. The van der Waals surface area contributed by atoms with Crippen LogP contribution in [0.15, 0.2) is 230 Å². The summed E-state index contributed by atoms with van der Waals surface area (Å²) in [6.07, 6.45) is 14.7. The maximum atomic E-state index is 11.7. The van der Waals surface area contributed by atoms with Crippen LogP contribution in [-0.4, -0.2) is 47.6 Å². The number of fused-ring (bicyclic) bond motifs is 3. The van der Waals surface area contributed by atoms with Gasteiger partial charge in [0.05, 0.1) is 17.3 Å². The van der Waals surface area contributed by atoms with Crippen molar-refractivity contribution in [3.8, 4) is 65.1 Å². The average molecular weight is 2130 g/mol. The molecule has 15 heteroatoms. The number of benzene rings is 6. The first-order valence-corrected chi connectivity index (χ1v) is 42.5. The standard InChI is InChI=1S/2C21H16NS.C19H12NS.3C13H24O2.3Ir/c1-14-7-6-8-15(2)20(14)19-13-17-11-12-18(22-21(17)23-19)16-9-4-3-5-10-16;1-14-10-15(2)12-18(11-14)19-9-8-17-13-20(23-21(17)22-19)16-6-4-3-5-7-16;1-3-7-14(8-4-1)17-12-11-16-13-18(21-19(16)20-17)15-9-5-2-6-10-15;3*1-5-10(6-2)12(14)9-13(15)11(7-3)8-4;;;/h3-9,11-13H,1-2H3;3-11,13H,1-2H3;1-7,9-13H;3*9-11,14H,5-8H2,1-4H3;;;/q3*-1;;;;;;/i1D3;;;;;;;;. The van der Waals surface area contributed by atoms with E-state index in [0.29, 0.717) is 5.56 Å². The molecule has 9 nitrogen and oxygen atoms in total. The van der Waals surface area contributed by atoms with E-state index in [1.54, 1.807) is 34.8 Å². The average Bonchev–Trinajstić information content (AvgIpc) is 1.51. The fourth-order valence-corrected chi connectivity index (χ4v) is 16.5. The number of aliphatic hydroxyl groups excluding tert-OH is 3. The van der Waals surface area contributed by atoms with E-state index < -0.39 is 6.85 Å². The van der Waals surface area contributed by atoms with Crippen LogP contribution in [0.1, 0.15) is 187 Å². The molecule has 6 heterocycles. The largest absolute Gasteiger partial charge is 0.512 e. The van der Waals surface area contributed by atoms with Crippen LogP contribution in [0, 0.1) is 81.3 Å². The van der Waals surface area contributed by atoms with Gasteiger partial charge in [0.1, 0.15) is 14.5 Å². The molecule has 0 aliphatic rings. The molecule has 0 atom stereocenters. The van der Waals surface area contributed by atoms with Gasteiger partial charge >= 0.3 is 0 Å². The van der Waals surface area contributed by atoms with Gasteiger partial charge in [-0.1, -0.05) is 212 Å². The summed E-state index contributed by atoms with van der Waals surface area (Å²) in [4.78, 5) is 56.0. The van der Waals surface area contributed by atoms with Gasteiger partial charge in [-0.05, 0) is 154 Å². The number of nitrogens with zero attached hydrogens (tertiary/aromatic N) is 3. The Morgan fingerprint density at radius 2 is 0.696 bits per heavy atom. The number of aryl methyl sites for hydroxylation is 4. The van der Waals surface area contributed by atoms with Crippen molar-refractivity contribution in [3.05, 3.63) is 270 Å². The quantitative estimate of drug-likeness (QED) is 0.0260. The van der Waals surface area contributed by atoms with E-state index >= 15 is 0 Å². The van der Waals surface area contributed by atoms with Gasteiger partial charge in [0.25, 0.3) is 0 Å². The van der Waals surface area contributed by atoms with Gasteiger partial charge < -0.3 is 15.3 Å². The van der Waals surface area contributed by atoms with Crippen molar-refractivity contribution in [3.63, 3.8) is 0 Å². The molecule has 0 aliphatic carbocycles. The molecule has 115 heavy (non-hydrogen) atoms. The van der Waals surface area contributed by atoms with Crippen molar-refractivity contribution in [2.75, 3.05) is 0 Å². The summed E-state index contributed by atoms with van der Waals surface area (Å²) in [6.45, 7) is 28.2. The fourth-order valence-electron chi connectivity index (χ4n) is 13.3. The molecule has 0 saturated heterocycles. The first-order valence-electron chi connectivity index (χ1n) is 41.5. The Morgan fingerprint density at radius 3 is 1.02 bits per heavy atom. The van der Waals surface area contributed by atoms with E-state index in [4.69, 9.17) is 19.1 Å². The second kappa shape index (κ2) is 52.1. The summed E-state index contributed by atoms with van der Waals surface area (Å²) in [5.74, 6) is 1.64. The Bertz CT molecular complexity index is 4950. The summed E-state index contributed by atoms with van der Waals surface area (Å²) in [5, 5.41) is 32.7. The third kappa shape index (κ3) is 29.7. The molecule has 0 amide bonds. The van der Waals surface area contributed by atoms with Crippen LogP contribution < -0.4 is 0 Å². The van der Waals surface area contributed by atoms with E-state index in [1.165, 1.54) is 66.8 Å². The summed E-state index contributed by atoms with van der Waals surface area (Å²) < 4.78 is 23.6. The predicted octanol–water partition coefficient (Wildman–Crippen LogP) is 29.1. The third-order valence-electron chi connectivity index (χ3n) is 20.4. The van der Waals surface area contributed by atoms with Crippen molar-refractivity contribution in [1.29, 1.82) is 0 Å². The zero-order chi connectivity index (χ0) is 83.7. The van der Waals surface area contributed by atoms with Crippen molar-refractivity contribution in [1.82, 2.24) is 15.0 Å². The van der Waals surface area contributed by atoms with Crippen LogP contribution in [0.3, 0.4) is 0 Å². The zero-order valence-corrected chi connectivity index (χ0v) is 78.9. The van der Waals surface area contributed by atoms with Crippen molar-refractivity contribution in [2.45, 2.75) is 188 Å². The topological polar surface area (TPSA) is 151 Å². The number of thiophene rings is 3. The van der Waals surface area contributed by atoms with Crippen LogP contribution in [-0.2, 0) is 74.7 Å². The van der Waals surface area contributed by atoms with Crippen molar-refractivity contribution >= 4 is 82.0 Å². The van der Waals surface area contributed by atoms with E-state index in [9.17, 15) is 29.7 Å². The van der Waals surface area contributed by atoms with Crippen molar-refractivity contribution in [2.24, 2.45) is 35.5 Å². The molecule has 0 saturated carbocycles. The number of ketones is 3. The van der Waals surface area contributed by atoms with E-state index in [-0.39, 0.29) is 130 Å². The van der Waals surface area contributed by atoms with E-state index in [1.807, 2.05) is 175 Å². The molecule has 6 aromatic carbocycles. The Morgan fingerprint density at radius 1 is 0.374 bits per heavy atom. The monoisotopic (exact) mass is 2130 g/mol. The summed E-state index contributed by atoms with van der Waals surface area (Å²) >= 11 is 5.01. The molecular weight excluding hydrogens is 2010 g/mol. The SMILES string of the molecule is CCC(CC)C(=O)C=C(O)C(CC)CC.CCC(CC)C(=O)C=C(O)C(CC)CC.CCC(CC)C(=O)C=C(O)C(CC)CC.Cc1[c-]c(-c2ccc3cc(-c4ccccc4)sc3n2)cc(C)c1.[2H]C([2H])([2H])c1cccc(C)c1-c1cc2ccc(-c3[c-]cccc3)nc2s1.[Ir].[Ir].[Ir].[c-]1ccccc1-c1ccc2cc(-c3ccccc3)sc2n1. The molecule has 3 N–H and O–H groups in total. The number of allylic oxidation sites excluding steroid dienone is 6. The first-order chi connectivity index (χ1) is 55.3. The molecule has 0 fully saturated rings. The van der Waals surface area contributed by atoms with E-state index in [0.717, 1.165) is 152 Å². The normalized spacial score (nSPS) is 11.8. The van der Waals surface area contributed by atoms with Crippen LogP contribution in [0.25, 0.3) is 95.7 Å². The van der Waals surface area contributed by atoms with Crippen LogP contribution >= 0.6 is 34.0 Å². The molecule has 0 spiro atoms. The van der Waals surface area contributed by atoms with Crippen molar-refractivity contribution < 1.29 is 94.1 Å². The zero-order valence-electron chi connectivity index (χ0n) is 72.3. The minimum atomic E-state index is -2.14. The fraction of sp³-hybridized carbons (Fsp3) is 0.340. The number of rotatable bonds is 27. The molecule has 0 unspecified atom stereocenters. The third-order valence-corrected chi connectivity index (χ3v) is 23.7.